The highest BCUT2D eigenvalue weighted by Crippen LogP contribution is 2.41. The minimum atomic E-state index is -1.35. The number of carbonyl (C=O) groups excluding carboxylic acids is 2. The van der Waals surface area contributed by atoms with E-state index in [1.54, 1.807) is 0 Å². The van der Waals surface area contributed by atoms with E-state index in [1.807, 2.05) is 91.0 Å². The van der Waals surface area contributed by atoms with E-state index in [0.717, 1.165) is 16.7 Å². The Bertz CT molecular complexity index is 1090. The van der Waals surface area contributed by atoms with Crippen molar-refractivity contribution in [1.82, 2.24) is 10.2 Å². The van der Waals surface area contributed by atoms with Crippen molar-refractivity contribution in [3.8, 4) is 0 Å². The van der Waals surface area contributed by atoms with Gasteiger partial charge < -0.3 is 19.7 Å². The number of amides is 3. The van der Waals surface area contributed by atoms with Crippen LogP contribution in [0.25, 0.3) is 0 Å². The summed E-state index contributed by atoms with van der Waals surface area (Å²) in [7, 11) is 0. The molecule has 36 heavy (non-hydrogen) atoms. The molecule has 3 aromatic rings. The third-order valence-electron chi connectivity index (χ3n) is 6.74. The Labute approximate surface area is 209 Å². The third-order valence-corrected chi connectivity index (χ3v) is 6.74. The molecule has 0 aromatic heterocycles. The molecule has 8 nitrogen and oxygen atoms in total. The predicted octanol–water partition coefficient (Wildman–Crippen LogP) is 2.38. The summed E-state index contributed by atoms with van der Waals surface area (Å²) in [5.74, 6) is -0.387. The molecule has 0 unspecified atom stereocenters. The maximum Gasteiger partial charge on any atom is 0.326 e. The van der Waals surface area contributed by atoms with Gasteiger partial charge in [0.25, 0.3) is 0 Å². The van der Waals surface area contributed by atoms with Crippen LogP contribution in [0.4, 0.5) is 4.79 Å². The fourth-order valence-electron chi connectivity index (χ4n) is 4.92. The third kappa shape index (κ3) is 4.40. The van der Waals surface area contributed by atoms with Gasteiger partial charge in [0.2, 0.25) is 5.91 Å². The second-order valence-corrected chi connectivity index (χ2v) is 8.93. The molecule has 0 radical (unpaired) electrons. The summed E-state index contributed by atoms with van der Waals surface area (Å²) < 4.78 is 12.7. The molecule has 0 aliphatic carbocycles. The maximum absolute atomic E-state index is 12.3. The van der Waals surface area contributed by atoms with Crippen LogP contribution >= 0.6 is 0 Å². The summed E-state index contributed by atoms with van der Waals surface area (Å²) in [4.78, 5) is 25.1. The van der Waals surface area contributed by atoms with E-state index in [2.05, 4.69) is 5.32 Å². The number of hydrogen-bond donors (Lipinski definition) is 3. The van der Waals surface area contributed by atoms with Crippen LogP contribution in [0, 0.1) is 0 Å². The molecule has 8 heteroatoms. The highest BCUT2D eigenvalue weighted by molar-refractivity contribution is 5.96. The number of nitrogens with zero attached hydrogens (tertiary/aromatic N) is 1. The first-order valence-electron chi connectivity index (χ1n) is 11.9. The molecule has 0 bridgehead atoms. The summed E-state index contributed by atoms with van der Waals surface area (Å²) in [6, 6.07) is 28.7. The van der Waals surface area contributed by atoms with Crippen LogP contribution in [0.15, 0.2) is 91.0 Å². The summed E-state index contributed by atoms with van der Waals surface area (Å²) in [5, 5.41) is 23.8. The molecule has 0 saturated carbocycles. The number of urea groups is 1. The number of carbonyl (C=O) groups is 2. The molecule has 4 atom stereocenters. The Morgan fingerprint density at radius 2 is 1.33 bits per heavy atom. The fraction of sp³-hybridized carbons (Fsp3) is 0.286. The monoisotopic (exact) mass is 488 g/mol. The Kier molecular flexibility index (Phi) is 6.84. The highest BCUT2D eigenvalue weighted by atomic mass is 16.6. The lowest BCUT2D eigenvalue weighted by Gasteiger charge is -2.37. The molecule has 0 spiro atoms. The van der Waals surface area contributed by atoms with E-state index in [1.165, 1.54) is 4.90 Å². The second kappa shape index (κ2) is 10.2. The van der Waals surface area contributed by atoms with E-state index in [4.69, 9.17) is 9.47 Å². The number of aliphatic hydroxyl groups is 2. The van der Waals surface area contributed by atoms with Gasteiger partial charge in [-0.15, -0.1) is 0 Å². The summed E-state index contributed by atoms with van der Waals surface area (Å²) in [6.45, 7) is 0.0243. The van der Waals surface area contributed by atoms with Crippen LogP contribution in [0.2, 0.25) is 0 Å². The molecule has 2 saturated heterocycles. The lowest BCUT2D eigenvalue weighted by Crippen LogP contribution is -2.56. The first kappa shape index (κ1) is 24.1. The van der Waals surface area contributed by atoms with Gasteiger partial charge >= 0.3 is 6.03 Å². The fourth-order valence-corrected chi connectivity index (χ4v) is 4.92. The molecular weight excluding hydrogens is 460 g/mol. The zero-order valence-corrected chi connectivity index (χ0v) is 19.6. The molecule has 5 rings (SSSR count). The molecule has 2 fully saturated rings. The zero-order chi connectivity index (χ0) is 25.1. The van der Waals surface area contributed by atoms with E-state index < -0.39 is 36.2 Å². The zero-order valence-electron chi connectivity index (χ0n) is 19.6. The Morgan fingerprint density at radius 1 is 0.833 bits per heavy atom. The van der Waals surface area contributed by atoms with Crippen LogP contribution in [0.1, 0.15) is 23.1 Å². The van der Waals surface area contributed by atoms with Gasteiger partial charge in [-0.2, -0.15) is 0 Å². The smallest absolute Gasteiger partial charge is 0.326 e. The molecule has 2 aliphatic heterocycles. The molecular formula is C28H28N2O6. The summed E-state index contributed by atoms with van der Waals surface area (Å²) in [5.41, 5.74) is 1.65. The molecule has 186 valence electrons. The topological polar surface area (TPSA) is 108 Å². The normalized spacial score (nSPS) is 24.6. The van der Waals surface area contributed by atoms with Crippen molar-refractivity contribution in [2.45, 2.75) is 36.6 Å². The number of benzene rings is 3. The number of aliphatic hydroxyl groups excluding tert-OH is 2. The molecule has 3 aromatic carbocycles. The number of ether oxygens (including phenoxy) is 2. The number of rotatable bonds is 7. The lowest BCUT2D eigenvalue weighted by molar-refractivity contribution is -0.127. The highest BCUT2D eigenvalue weighted by Gasteiger charge is 2.49. The van der Waals surface area contributed by atoms with Gasteiger partial charge in [0, 0.05) is 13.0 Å². The van der Waals surface area contributed by atoms with E-state index in [0.29, 0.717) is 0 Å². The van der Waals surface area contributed by atoms with Gasteiger partial charge in [0.05, 0.1) is 6.61 Å². The van der Waals surface area contributed by atoms with Gasteiger partial charge in [-0.3, -0.25) is 15.0 Å². The lowest BCUT2D eigenvalue weighted by atomic mass is 9.80. The van der Waals surface area contributed by atoms with Crippen molar-refractivity contribution in [1.29, 1.82) is 0 Å². The van der Waals surface area contributed by atoms with E-state index >= 15 is 0 Å². The number of nitrogens with one attached hydrogen (secondary N) is 1. The van der Waals surface area contributed by atoms with Crippen LogP contribution < -0.4 is 5.32 Å². The average Bonchev–Trinajstić information content (AvgIpc) is 3.19. The van der Waals surface area contributed by atoms with Crippen molar-refractivity contribution in [2.24, 2.45) is 0 Å². The Hall–Kier alpha value is -3.56. The van der Waals surface area contributed by atoms with Crippen molar-refractivity contribution in [3.63, 3.8) is 0 Å². The molecule has 3 amide bonds. The minimum Gasteiger partial charge on any atom is -0.387 e. The largest absolute Gasteiger partial charge is 0.387 e. The van der Waals surface area contributed by atoms with Crippen LogP contribution in [0.5, 0.6) is 0 Å². The Morgan fingerprint density at radius 3 is 1.81 bits per heavy atom. The first-order chi connectivity index (χ1) is 17.5. The summed E-state index contributed by atoms with van der Waals surface area (Å²) in [6.07, 6.45) is -4.56. The van der Waals surface area contributed by atoms with Crippen LogP contribution in [-0.2, 0) is 19.9 Å². The van der Waals surface area contributed by atoms with Gasteiger partial charge in [0.15, 0.2) is 6.23 Å². The van der Waals surface area contributed by atoms with Crippen molar-refractivity contribution in [2.75, 3.05) is 13.2 Å². The van der Waals surface area contributed by atoms with Crippen molar-refractivity contribution >= 4 is 11.9 Å². The standard InChI is InChI=1S/C28H28N2O6/c31-23-16-17-30(27(34)29-23)26-25(33)24(32)22(36-26)18-35-28(19-10-4-1-5-11-19,20-12-6-2-7-13-20)21-14-8-3-9-15-21/h1-15,22,24-26,32-33H,16-18H2,(H,29,31,34)/t22-,24-,25-,26-/m1/s1. The minimum absolute atomic E-state index is 0.0677. The molecule has 2 heterocycles. The molecule has 3 N–H and O–H groups in total. The van der Waals surface area contributed by atoms with Gasteiger partial charge in [-0.05, 0) is 16.7 Å². The first-order valence-corrected chi connectivity index (χ1v) is 11.9. The van der Waals surface area contributed by atoms with E-state index in [9.17, 15) is 19.8 Å². The predicted molar refractivity (Wildman–Crippen MR) is 131 cm³/mol. The van der Waals surface area contributed by atoms with E-state index in [-0.39, 0.29) is 25.5 Å². The van der Waals surface area contributed by atoms with Crippen molar-refractivity contribution < 1.29 is 29.3 Å². The number of hydrogen-bond acceptors (Lipinski definition) is 6. The Balaban J connectivity index is 1.47. The second-order valence-electron chi connectivity index (χ2n) is 8.93. The van der Waals surface area contributed by atoms with Gasteiger partial charge in [0.1, 0.15) is 23.9 Å². The van der Waals surface area contributed by atoms with Crippen LogP contribution in [0.3, 0.4) is 0 Å². The molecule has 2 aliphatic rings. The quantitative estimate of drug-likeness (QED) is 0.441. The van der Waals surface area contributed by atoms with Gasteiger partial charge in [-0.1, -0.05) is 91.0 Å². The number of imide groups is 1. The van der Waals surface area contributed by atoms with Gasteiger partial charge in [-0.25, -0.2) is 4.79 Å². The van der Waals surface area contributed by atoms with Crippen molar-refractivity contribution in [3.05, 3.63) is 108 Å². The van der Waals surface area contributed by atoms with Crippen LogP contribution in [-0.4, -0.2) is 64.7 Å². The average molecular weight is 489 g/mol. The SMILES string of the molecule is O=C1CCN([C@@H]2O[C@H](COC(c3ccccc3)(c3ccccc3)c3ccccc3)[C@@H](O)[C@H]2O)C(=O)N1. The maximum atomic E-state index is 12.3. The summed E-state index contributed by atoms with van der Waals surface area (Å²) >= 11 is 0.